The molecule has 0 aliphatic carbocycles. The molecule has 0 spiro atoms. The standard InChI is InChI=1S/C9H15N4O9P/c10-6-3(7(11)17)12-9(22-23(18,19)20)13(6)8-5(16)4(15)2(1-14)21-8/h2,4-5,8,14-16H,1,10H2,(H2,11,17)(H2,18,19,20)/t2-,4-,5-,8-/m1/s1. The largest absolute Gasteiger partial charge is 0.527 e. The van der Waals surface area contributed by atoms with Crippen molar-refractivity contribution in [3.63, 3.8) is 0 Å². The van der Waals surface area contributed by atoms with Gasteiger partial charge in [-0.1, -0.05) is 0 Å². The smallest absolute Gasteiger partial charge is 0.394 e. The van der Waals surface area contributed by atoms with Crippen LogP contribution < -0.4 is 16.0 Å². The van der Waals surface area contributed by atoms with Crippen molar-refractivity contribution in [3.8, 4) is 6.01 Å². The predicted octanol–water partition coefficient (Wildman–Crippen LogP) is -3.35. The second-order valence-electron chi connectivity index (χ2n) is 4.67. The van der Waals surface area contributed by atoms with Crippen molar-refractivity contribution in [2.75, 3.05) is 12.3 Å². The molecule has 1 saturated heterocycles. The summed E-state index contributed by atoms with van der Waals surface area (Å²) >= 11 is 0. The Bertz CT molecular complexity index is 658. The van der Waals surface area contributed by atoms with E-state index in [9.17, 15) is 19.6 Å². The first-order valence-corrected chi connectivity index (χ1v) is 7.65. The summed E-state index contributed by atoms with van der Waals surface area (Å²) in [5.41, 5.74) is 10.1. The van der Waals surface area contributed by atoms with Crippen molar-refractivity contribution in [1.82, 2.24) is 9.55 Å². The maximum Gasteiger partial charge on any atom is 0.527 e. The van der Waals surface area contributed by atoms with Crippen LogP contribution in [0.15, 0.2) is 0 Å². The van der Waals surface area contributed by atoms with E-state index in [-0.39, 0.29) is 0 Å². The number of phosphoric ester groups is 1. The van der Waals surface area contributed by atoms with E-state index in [2.05, 4.69) is 9.51 Å². The molecule has 13 nitrogen and oxygen atoms in total. The molecule has 1 amide bonds. The monoisotopic (exact) mass is 354 g/mol. The fourth-order valence-corrected chi connectivity index (χ4v) is 2.46. The number of ether oxygens (including phenoxy) is 1. The van der Waals surface area contributed by atoms with Crippen LogP contribution in [0.2, 0.25) is 0 Å². The highest BCUT2D eigenvalue weighted by molar-refractivity contribution is 7.46. The third-order valence-corrected chi connectivity index (χ3v) is 3.52. The van der Waals surface area contributed by atoms with Gasteiger partial charge in [-0.3, -0.25) is 14.6 Å². The van der Waals surface area contributed by atoms with Gasteiger partial charge in [0.2, 0.25) is 0 Å². The highest BCUT2D eigenvalue weighted by atomic mass is 31.2. The lowest BCUT2D eigenvalue weighted by molar-refractivity contribution is -0.0538. The molecule has 0 aromatic carbocycles. The summed E-state index contributed by atoms with van der Waals surface area (Å²) in [5, 5.41) is 28.7. The lowest BCUT2D eigenvalue weighted by atomic mass is 10.1. The van der Waals surface area contributed by atoms with Gasteiger partial charge in [0, 0.05) is 0 Å². The molecule has 2 rings (SSSR count). The second kappa shape index (κ2) is 6.05. The third-order valence-electron chi connectivity index (χ3n) is 3.12. The molecule has 1 fully saturated rings. The van der Waals surface area contributed by atoms with Gasteiger partial charge in [-0.05, 0) is 0 Å². The summed E-state index contributed by atoms with van der Waals surface area (Å²) < 4.78 is 21.1. The Morgan fingerprint density at radius 3 is 2.43 bits per heavy atom. The zero-order valence-corrected chi connectivity index (χ0v) is 12.3. The van der Waals surface area contributed by atoms with Crippen LogP contribution in [-0.4, -0.2) is 65.5 Å². The second-order valence-corrected chi connectivity index (χ2v) is 5.84. The minimum absolute atomic E-state index is 0.504. The lowest BCUT2D eigenvalue weighted by Crippen LogP contribution is -2.33. The van der Waals surface area contributed by atoms with Gasteiger partial charge < -0.3 is 36.0 Å². The topological polar surface area (TPSA) is 224 Å². The number of aliphatic hydroxyl groups excluding tert-OH is 3. The maximum atomic E-state index is 11.3. The first-order valence-electron chi connectivity index (χ1n) is 6.12. The molecule has 1 aromatic heterocycles. The summed E-state index contributed by atoms with van der Waals surface area (Å²) in [7, 11) is -5.09. The quantitative estimate of drug-likeness (QED) is 0.258. The minimum Gasteiger partial charge on any atom is -0.394 e. The number of nitrogens with two attached hydrogens (primary N) is 2. The number of aromatic nitrogens is 2. The van der Waals surface area contributed by atoms with Gasteiger partial charge in [0.15, 0.2) is 11.9 Å². The van der Waals surface area contributed by atoms with Crippen LogP contribution in [0, 0.1) is 0 Å². The number of rotatable bonds is 5. The van der Waals surface area contributed by atoms with Crippen LogP contribution in [0.25, 0.3) is 0 Å². The Morgan fingerprint density at radius 2 is 2.00 bits per heavy atom. The van der Waals surface area contributed by atoms with Crippen LogP contribution in [0.1, 0.15) is 16.7 Å². The van der Waals surface area contributed by atoms with E-state index < -0.39 is 62.4 Å². The number of hydrogen-bond acceptors (Lipinski definition) is 9. The van der Waals surface area contributed by atoms with E-state index >= 15 is 0 Å². The average Bonchev–Trinajstić information content (AvgIpc) is 2.87. The Hall–Kier alpha value is -1.73. The maximum absolute atomic E-state index is 11.3. The van der Waals surface area contributed by atoms with Gasteiger partial charge in [0.25, 0.3) is 5.91 Å². The molecule has 4 atom stereocenters. The fraction of sp³-hybridized carbons (Fsp3) is 0.556. The van der Waals surface area contributed by atoms with E-state index in [1.165, 1.54) is 0 Å². The molecule has 2 heterocycles. The zero-order chi connectivity index (χ0) is 17.5. The number of imidazole rings is 1. The molecule has 1 aliphatic rings. The zero-order valence-electron chi connectivity index (χ0n) is 11.4. The molecule has 130 valence electrons. The summed E-state index contributed by atoms with van der Waals surface area (Å²) in [6.45, 7) is -0.652. The van der Waals surface area contributed by atoms with Crippen LogP contribution in [-0.2, 0) is 9.30 Å². The molecule has 0 radical (unpaired) electrons. The van der Waals surface area contributed by atoms with Crippen molar-refractivity contribution < 1.29 is 43.7 Å². The third kappa shape index (κ3) is 3.30. The summed E-state index contributed by atoms with van der Waals surface area (Å²) in [6, 6.07) is -0.848. The lowest BCUT2D eigenvalue weighted by Gasteiger charge is -2.19. The molecule has 1 aliphatic heterocycles. The number of phosphoric acid groups is 1. The molecule has 23 heavy (non-hydrogen) atoms. The van der Waals surface area contributed by atoms with Gasteiger partial charge in [0.1, 0.15) is 24.1 Å². The predicted molar refractivity (Wildman–Crippen MR) is 70.8 cm³/mol. The Labute approximate surface area is 128 Å². The Morgan fingerprint density at radius 1 is 1.39 bits per heavy atom. The normalized spacial score (nSPS) is 28.0. The summed E-state index contributed by atoms with van der Waals surface area (Å²) in [5.74, 6) is -1.63. The molecule has 0 unspecified atom stereocenters. The van der Waals surface area contributed by atoms with E-state index in [0.29, 0.717) is 4.57 Å². The van der Waals surface area contributed by atoms with Crippen molar-refractivity contribution in [1.29, 1.82) is 0 Å². The first kappa shape index (κ1) is 17.6. The van der Waals surface area contributed by atoms with Crippen molar-refractivity contribution in [2.45, 2.75) is 24.5 Å². The number of amides is 1. The molecular weight excluding hydrogens is 339 g/mol. The number of anilines is 1. The molecule has 1 aromatic rings. The van der Waals surface area contributed by atoms with Gasteiger partial charge in [-0.25, -0.2) is 9.13 Å². The van der Waals surface area contributed by atoms with E-state index in [0.717, 1.165) is 0 Å². The number of hydrogen-bond donors (Lipinski definition) is 7. The minimum atomic E-state index is -5.09. The number of nitrogens with zero attached hydrogens (tertiary/aromatic N) is 2. The van der Waals surface area contributed by atoms with Crippen molar-refractivity contribution in [3.05, 3.63) is 5.69 Å². The van der Waals surface area contributed by atoms with Crippen LogP contribution in [0.5, 0.6) is 6.01 Å². The number of carbonyl (C=O) groups excluding carboxylic acids is 1. The Kier molecular flexibility index (Phi) is 4.64. The van der Waals surface area contributed by atoms with Crippen molar-refractivity contribution in [2.24, 2.45) is 5.73 Å². The highest BCUT2D eigenvalue weighted by Gasteiger charge is 2.46. The van der Waals surface area contributed by atoms with Gasteiger partial charge >= 0.3 is 13.8 Å². The van der Waals surface area contributed by atoms with Crippen LogP contribution >= 0.6 is 7.82 Å². The molecular formula is C9H15N4O9P. The number of nitrogen functional groups attached to an aromatic ring is 1. The molecule has 9 N–H and O–H groups in total. The fourth-order valence-electron chi connectivity index (χ4n) is 2.12. The summed E-state index contributed by atoms with van der Waals surface area (Å²) in [6.07, 6.45) is -5.89. The molecule has 0 saturated carbocycles. The van der Waals surface area contributed by atoms with Gasteiger partial charge in [-0.2, -0.15) is 4.98 Å². The van der Waals surface area contributed by atoms with Gasteiger partial charge in [0.05, 0.1) is 6.61 Å². The highest BCUT2D eigenvalue weighted by Crippen LogP contribution is 2.42. The van der Waals surface area contributed by atoms with E-state index in [1.54, 1.807) is 0 Å². The first-order chi connectivity index (χ1) is 10.6. The SMILES string of the molecule is NC(=O)c1nc(OP(=O)(O)O)n([C@@H]2O[C@H](CO)[C@@H](O)[C@H]2O)c1N. The average molecular weight is 354 g/mol. The number of aliphatic hydroxyl groups is 3. The van der Waals surface area contributed by atoms with Gasteiger partial charge in [-0.15, -0.1) is 0 Å². The van der Waals surface area contributed by atoms with Crippen LogP contribution in [0.3, 0.4) is 0 Å². The Balaban J connectivity index is 2.52. The van der Waals surface area contributed by atoms with E-state index in [1.807, 2.05) is 0 Å². The number of primary amides is 1. The molecule has 0 bridgehead atoms. The van der Waals surface area contributed by atoms with Crippen LogP contribution in [0.4, 0.5) is 5.82 Å². The summed E-state index contributed by atoms with van der Waals surface area (Å²) in [4.78, 5) is 32.5. The van der Waals surface area contributed by atoms with E-state index in [4.69, 9.17) is 31.1 Å². The molecule has 14 heteroatoms. The number of carbonyl (C=O) groups is 1. The van der Waals surface area contributed by atoms with Crippen molar-refractivity contribution >= 4 is 19.5 Å².